The summed E-state index contributed by atoms with van der Waals surface area (Å²) in [6.07, 6.45) is 10.3. The third-order valence-corrected chi connectivity index (χ3v) is 8.78. The maximum absolute atomic E-state index is 12.8. The highest BCUT2D eigenvalue weighted by atomic mass is 16.5. The monoisotopic (exact) mass is 582 g/mol. The summed E-state index contributed by atoms with van der Waals surface area (Å²) in [5, 5.41) is 30.2. The molecule has 0 spiro atoms. The van der Waals surface area contributed by atoms with Gasteiger partial charge in [-0.15, -0.1) is 0 Å². The molecule has 0 unspecified atom stereocenters. The van der Waals surface area contributed by atoms with E-state index in [0.717, 1.165) is 11.1 Å². The summed E-state index contributed by atoms with van der Waals surface area (Å²) in [6, 6.07) is 7.91. The minimum Gasteiger partial charge on any atom is -0.348 e. The summed E-state index contributed by atoms with van der Waals surface area (Å²) in [7, 11) is 0. The van der Waals surface area contributed by atoms with Gasteiger partial charge in [-0.3, -0.25) is 9.59 Å². The molecule has 0 aliphatic carbocycles. The zero-order valence-corrected chi connectivity index (χ0v) is 26.5. The number of nitrogens with zero attached hydrogens (tertiary/aromatic N) is 4. The van der Waals surface area contributed by atoms with Gasteiger partial charge in [-0.05, 0) is 92.2 Å². The highest BCUT2D eigenvalue weighted by molar-refractivity contribution is 5.75. The van der Waals surface area contributed by atoms with Gasteiger partial charge >= 0.3 is 0 Å². The first-order valence-electron chi connectivity index (χ1n) is 14.9. The summed E-state index contributed by atoms with van der Waals surface area (Å²) in [5.74, 6) is -0.104. The number of piperidine rings is 2. The van der Waals surface area contributed by atoms with Crippen LogP contribution in [0.2, 0.25) is 0 Å². The average molecular weight is 583 g/mol. The molecule has 2 aliphatic heterocycles. The molecule has 0 atom stereocenters. The van der Waals surface area contributed by atoms with Crippen molar-refractivity contribution in [2.45, 2.75) is 128 Å². The molecule has 2 saturated heterocycles. The Morgan fingerprint density at radius 3 is 1.17 bits per heavy atom. The Morgan fingerprint density at radius 1 is 0.643 bits per heavy atom. The van der Waals surface area contributed by atoms with Crippen molar-refractivity contribution < 1.29 is 29.1 Å². The number of nitrogens with one attached hydrogen (secondary N) is 2. The number of hydrogen-bond donors (Lipinski definition) is 4. The first-order valence-corrected chi connectivity index (χ1v) is 14.9. The zero-order valence-electron chi connectivity index (χ0n) is 26.5. The number of rotatable bonds is 7. The van der Waals surface area contributed by atoms with E-state index >= 15 is 0 Å². The Balaban J connectivity index is 1.29. The van der Waals surface area contributed by atoms with E-state index < -0.39 is 22.2 Å². The highest BCUT2D eigenvalue weighted by Crippen LogP contribution is 2.37. The predicted octanol–water partition coefficient (Wildman–Crippen LogP) is 2.98. The van der Waals surface area contributed by atoms with Crippen molar-refractivity contribution in [3.8, 4) is 11.1 Å². The Morgan fingerprint density at radius 2 is 0.905 bits per heavy atom. The second kappa shape index (κ2) is 11.6. The first-order chi connectivity index (χ1) is 19.4. The van der Waals surface area contributed by atoms with Gasteiger partial charge in [0.05, 0.1) is 0 Å². The molecule has 0 saturated carbocycles. The third-order valence-electron chi connectivity index (χ3n) is 8.78. The molecule has 2 aliphatic rings. The fourth-order valence-corrected chi connectivity index (χ4v) is 7.13. The van der Waals surface area contributed by atoms with Crippen LogP contribution in [0, 0.1) is 0 Å². The molecule has 2 fully saturated rings. The largest absolute Gasteiger partial charge is 0.348 e. The molecule has 230 valence electrons. The lowest BCUT2D eigenvalue weighted by atomic mass is 9.79. The van der Waals surface area contributed by atoms with E-state index in [4.69, 9.17) is 0 Å². The van der Waals surface area contributed by atoms with Crippen molar-refractivity contribution >= 4 is 11.8 Å². The number of hydrogen-bond acceptors (Lipinski definition) is 6. The van der Waals surface area contributed by atoms with Crippen LogP contribution >= 0.6 is 0 Å². The van der Waals surface area contributed by atoms with Crippen molar-refractivity contribution in [2.75, 3.05) is 0 Å². The maximum atomic E-state index is 12.8. The van der Waals surface area contributed by atoms with Crippen molar-refractivity contribution in [1.82, 2.24) is 20.8 Å². The zero-order chi connectivity index (χ0) is 31.1. The molecule has 4 N–H and O–H groups in total. The normalized spacial score (nSPS) is 22.4. The van der Waals surface area contributed by atoms with Gasteiger partial charge in [0, 0.05) is 58.5 Å². The highest BCUT2D eigenvalue weighted by Gasteiger charge is 2.46. The van der Waals surface area contributed by atoms with Gasteiger partial charge in [0.15, 0.2) is 24.8 Å². The van der Waals surface area contributed by atoms with Crippen LogP contribution in [-0.4, -0.2) is 66.6 Å². The number of amides is 2. The minimum atomic E-state index is -0.418. The number of aromatic nitrogens is 2. The Kier molecular flexibility index (Phi) is 8.87. The summed E-state index contributed by atoms with van der Waals surface area (Å²) < 4.78 is 3.71. The van der Waals surface area contributed by atoms with Crippen LogP contribution in [-0.2, 0) is 22.7 Å². The van der Waals surface area contributed by atoms with Crippen molar-refractivity contribution in [3.05, 3.63) is 49.1 Å². The first kappa shape index (κ1) is 32.0. The summed E-state index contributed by atoms with van der Waals surface area (Å²) in [4.78, 5) is 25.6. The Hall–Kier alpha value is -2.92. The Bertz CT molecular complexity index is 1140. The maximum Gasteiger partial charge on any atom is 0.286 e. The van der Waals surface area contributed by atoms with Gasteiger partial charge in [0.1, 0.15) is 0 Å². The van der Waals surface area contributed by atoms with Gasteiger partial charge in [-0.1, -0.05) is 0 Å². The topological polar surface area (TPSA) is 113 Å². The van der Waals surface area contributed by atoms with Gasteiger partial charge in [-0.25, -0.2) is 0 Å². The van der Waals surface area contributed by atoms with E-state index in [1.54, 1.807) is 0 Å². The van der Waals surface area contributed by atoms with E-state index in [1.807, 2.05) is 114 Å². The lowest BCUT2D eigenvalue weighted by molar-refractivity contribution is -0.684. The molecule has 10 nitrogen and oxygen atoms in total. The molecular formula is C32H50N6O4+2. The van der Waals surface area contributed by atoms with E-state index in [9.17, 15) is 20.0 Å². The third kappa shape index (κ3) is 7.34. The molecule has 2 aromatic heterocycles. The summed E-state index contributed by atoms with van der Waals surface area (Å²) in [6.45, 7) is 16.4. The molecule has 0 radical (unpaired) electrons. The molecule has 4 rings (SSSR count). The van der Waals surface area contributed by atoms with Crippen LogP contribution in [0.3, 0.4) is 0 Å². The van der Waals surface area contributed by atoms with Gasteiger partial charge < -0.3 is 21.0 Å². The van der Waals surface area contributed by atoms with Crippen LogP contribution < -0.4 is 19.8 Å². The molecular weight excluding hydrogens is 532 g/mol. The van der Waals surface area contributed by atoms with Crippen LogP contribution in [0.1, 0.15) is 81.1 Å². The number of pyridine rings is 2. The van der Waals surface area contributed by atoms with Crippen molar-refractivity contribution in [2.24, 2.45) is 0 Å². The van der Waals surface area contributed by atoms with Crippen LogP contribution in [0.25, 0.3) is 11.1 Å². The molecule has 0 bridgehead atoms. The number of carbonyl (C=O) groups excluding carboxylic acids is 2. The van der Waals surface area contributed by atoms with E-state index in [-0.39, 0.29) is 37.0 Å². The van der Waals surface area contributed by atoms with Gasteiger partial charge in [0.25, 0.3) is 11.8 Å². The van der Waals surface area contributed by atoms with Crippen LogP contribution in [0.4, 0.5) is 0 Å². The average Bonchev–Trinajstić information content (AvgIpc) is 2.86. The summed E-state index contributed by atoms with van der Waals surface area (Å²) in [5.41, 5.74) is 0.361. The van der Waals surface area contributed by atoms with E-state index in [0.29, 0.717) is 25.7 Å². The molecule has 0 aromatic carbocycles. The molecule has 4 heterocycles. The minimum absolute atomic E-state index is 0.00359. The fraction of sp³-hybridized carbons (Fsp3) is 0.625. The summed E-state index contributed by atoms with van der Waals surface area (Å²) >= 11 is 0. The molecule has 10 heteroatoms. The van der Waals surface area contributed by atoms with E-state index in [1.165, 1.54) is 10.1 Å². The predicted molar refractivity (Wildman–Crippen MR) is 158 cm³/mol. The smallest absolute Gasteiger partial charge is 0.286 e. The lowest BCUT2D eigenvalue weighted by Gasteiger charge is -2.51. The molecule has 2 aromatic rings. The second-order valence-electron chi connectivity index (χ2n) is 14.7. The standard InChI is InChI=1S/C32H48N6O4/c1-29(2)17-25(18-30(3,4)37(29)41)33-27(39)21-35-13-9-23(10-14-35)24-11-15-36(16-12-24)22-28(40)34-26-19-31(5,6)38(42)32(7,8)20-26/h9-16,25-26,41-42H,17-22H2,1-8H3/p+2. The van der Waals surface area contributed by atoms with Gasteiger partial charge in [0.2, 0.25) is 13.1 Å². The molecule has 42 heavy (non-hydrogen) atoms. The fourth-order valence-electron chi connectivity index (χ4n) is 7.13. The number of hydroxylamine groups is 4. The van der Waals surface area contributed by atoms with E-state index in [2.05, 4.69) is 10.6 Å². The van der Waals surface area contributed by atoms with Crippen LogP contribution in [0.5, 0.6) is 0 Å². The lowest BCUT2D eigenvalue weighted by Crippen LogP contribution is -2.63. The van der Waals surface area contributed by atoms with Crippen molar-refractivity contribution in [3.63, 3.8) is 0 Å². The quantitative estimate of drug-likeness (QED) is 0.374. The second-order valence-corrected chi connectivity index (χ2v) is 14.7. The molecule has 2 amide bonds. The SMILES string of the molecule is CC1(C)CC(NC(=O)C[n+]2ccc(-c3cc[n+](CC(=O)NC4CC(C)(C)N(O)C(C)(C)C4)cc3)cc2)CC(C)(C)N1O. The number of carbonyl (C=O) groups is 2. The Labute approximate surface area is 250 Å². The van der Waals surface area contributed by atoms with Crippen molar-refractivity contribution in [1.29, 1.82) is 0 Å². The van der Waals surface area contributed by atoms with Gasteiger partial charge in [-0.2, -0.15) is 19.3 Å². The van der Waals surface area contributed by atoms with Crippen LogP contribution in [0.15, 0.2) is 49.1 Å².